The number of amides is 6. The van der Waals surface area contributed by atoms with E-state index in [1.165, 1.54) is 12.1 Å². The summed E-state index contributed by atoms with van der Waals surface area (Å²) in [5.41, 5.74) is 1.91. The molecule has 19 heteroatoms. The standard InChI is InChI=1S/C28H31N5O6.C28H29N3O5/c1-15(2)12-23(25(35)29-16(3)21-8-9-24(34)32-31-21)30-22(28(38)39)10-11-33-26(36)19-13-17-6-4-5-7-18(17)14-20(19)27(33)37;1-17(2)14-24(25(32)29-20-10-4-3-5-11-20)30-23(28(35)36)12-13-31-26(33)21-15-18-8-6-7-9-19(18)16-22(21)27(31)34/h4-9,13-16,22-23,30H,10-12H2,1-3H3,(H,29,35)(H,32,34)(H,38,39);3-11,15-17,23-24,30H,12-14H2,1-2H3,(H,29,32)(H,35,36)/t16?,22-,23+;23?,24-/m10/s1. The van der Waals surface area contributed by atoms with Gasteiger partial charge in [-0.2, -0.15) is 5.10 Å². The molecule has 75 heavy (non-hydrogen) atoms. The lowest BCUT2D eigenvalue weighted by molar-refractivity contribution is -0.141. The van der Waals surface area contributed by atoms with E-state index in [2.05, 4.69) is 31.5 Å². The van der Waals surface area contributed by atoms with Crippen LogP contribution in [0.1, 0.15) is 113 Å². The van der Waals surface area contributed by atoms with E-state index in [0.717, 1.165) is 31.3 Å². The Balaban J connectivity index is 0.000000219. The first-order chi connectivity index (χ1) is 35.8. The number of fused-ring (bicyclic) bond motifs is 4. The summed E-state index contributed by atoms with van der Waals surface area (Å²) in [7, 11) is 0. The molecule has 0 saturated heterocycles. The van der Waals surface area contributed by atoms with Crippen molar-refractivity contribution in [3.05, 3.63) is 154 Å². The van der Waals surface area contributed by atoms with E-state index in [1.807, 2.05) is 82.3 Å². The van der Waals surface area contributed by atoms with Crippen LogP contribution in [0.25, 0.3) is 21.5 Å². The minimum Gasteiger partial charge on any atom is -0.480 e. The summed E-state index contributed by atoms with van der Waals surface area (Å²) >= 11 is 0. The number of aliphatic carboxylic acids is 2. The fourth-order valence-corrected chi connectivity index (χ4v) is 9.10. The summed E-state index contributed by atoms with van der Waals surface area (Å²) in [4.78, 5) is 116. The number of benzene rings is 5. The molecule has 8 rings (SSSR count). The van der Waals surface area contributed by atoms with Gasteiger partial charge in [0.05, 0.1) is 46.1 Å². The Morgan fingerprint density at radius 3 is 1.27 bits per heavy atom. The second kappa shape index (κ2) is 24.1. The van der Waals surface area contributed by atoms with Gasteiger partial charge in [0.1, 0.15) is 12.1 Å². The number of nitrogens with zero attached hydrogens (tertiary/aromatic N) is 3. The van der Waals surface area contributed by atoms with Gasteiger partial charge in [-0.1, -0.05) is 94.4 Å². The smallest absolute Gasteiger partial charge is 0.320 e. The number of carbonyl (C=O) groups excluding carboxylic acids is 6. The highest BCUT2D eigenvalue weighted by atomic mass is 16.4. The molecule has 6 amide bonds. The lowest BCUT2D eigenvalue weighted by Crippen LogP contribution is -2.52. The zero-order chi connectivity index (χ0) is 54.1. The van der Waals surface area contributed by atoms with Gasteiger partial charge in [-0.25, -0.2) is 5.10 Å². The summed E-state index contributed by atoms with van der Waals surface area (Å²) < 4.78 is 0. The van der Waals surface area contributed by atoms with E-state index in [4.69, 9.17) is 0 Å². The van der Waals surface area contributed by atoms with E-state index in [0.29, 0.717) is 46.5 Å². The van der Waals surface area contributed by atoms with Crippen molar-refractivity contribution in [2.24, 2.45) is 11.8 Å². The predicted octanol–water partition coefficient (Wildman–Crippen LogP) is 6.17. The summed E-state index contributed by atoms with van der Waals surface area (Å²) in [5.74, 6) is -4.74. The van der Waals surface area contributed by atoms with Crippen LogP contribution in [-0.2, 0) is 19.2 Å². The van der Waals surface area contributed by atoms with E-state index in [9.17, 15) is 53.4 Å². The van der Waals surface area contributed by atoms with Crippen LogP contribution < -0.4 is 26.8 Å². The third kappa shape index (κ3) is 13.2. The molecular weight excluding hydrogens is 961 g/mol. The lowest BCUT2D eigenvalue weighted by atomic mass is 10.0. The Labute approximate surface area is 432 Å². The van der Waals surface area contributed by atoms with Crippen LogP contribution in [0.3, 0.4) is 0 Å². The first-order valence-electron chi connectivity index (χ1n) is 24.8. The summed E-state index contributed by atoms with van der Waals surface area (Å²) in [6, 6.07) is 28.9. The van der Waals surface area contributed by atoms with Gasteiger partial charge in [0, 0.05) is 24.8 Å². The molecule has 0 spiro atoms. The molecule has 0 saturated carbocycles. The molecular formula is C56H60N8O11. The van der Waals surface area contributed by atoms with Crippen molar-refractivity contribution < 1.29 is 48.6 Å². The highest BCUT2D eigenvalue weighted by Crippen LogP contribution is 2.30. The molecule has 19 nitrogen and oxygen atoms in total. The van der Waals surface area contributed by atoms with Gasteiger partial charge < -0.3 is 20.8 Å². The van der Waals surface area contributed by atoms with E-state index in [1.54, 1.807) is 55.5 Å². The highest BCUT2D eigenvalue weighted by Gasteiger charge is 2.39. The van der Waals surface area contributed by atoms with Crippen LogP contribution >= 0.6 is 0 Å². The first kappa shape index (κ1) is 54.4. The number of para-hydroxylation sites is 1. The molecule has 2 aliphatic heterocycles. The normalized spacial score (nSPS) is 15.0. The molecule has 2 unspecified atom stereocenters. The van der Waals surface area contributed by atoms with E-state index < -0.39 is 71.7 Å². The molecule has 0 bridgehead atoms. The molecule has 1 aromatic heterocycles. The molecule has 6 aromatic rings. The highest BCUT2D eigenvalue weighted by molar-refractivity contribution is 6.24. The van der Waals surface area contributed by atoms with Crippen molar-refractivity contribution in [2.75, 3.05) is 18.4 Å². The second-order valence-corrected chi connectivity index (χ2v) is 19.5. The number of hydrogen-bond donors (Lipinski definition) is 7. The second-order valence-electron chi connectivity index (χ2n) is 19.5. The topological polar surface area (TPSA) is 277 Å². The number of rotatable bonds is 21. The maximum Gasteiger partial charge on any atom is 0.320 e. The van der Waals surface area contributed by atoms with Crippen LogP contribution in [0.2, 0.25) is 0 Å². The Morgan fingerprint density at radius 1 is 0.520 bits per heavy atom. The third-order valence-electron chi connectivity index (χ3n) is 12.9. The van der Waals surface area contributed by atoms with Gasteiger partial charge in [-0.3, -0.25) is 63.6 Å². The van der Waals surface area contributed by atoms with Gasteiger partial charge in [0.2, 0.25) is 11.8 Å². The van der Waals surface area contributed by atoms with E-state index >= 15 is 0 Å². The Kier molecular flexibility index (Phi) is 17.5. The fourth-order valence-electron chi connectivity index (χ4n) is 9.10. The van der Waals surface area contributed by atoms with Crippen LogP contribution in [0, 0.1) is 11.8 Å². The van der Waals surface area contributed by atoms with Crippen molar-refractivity contribution in [1.82, 2.24) is 35.9 Å². The van der Waals surface area contributed by atoms with Gasteiger partial charge >= 0.3 is 11.9 Å². The van der Waals surface area contributed by atoms with Crippen molar-refractivity contribution in [1.29, 1.82) is 0 Å². The average Bonchev–Trinajstić information content (AvgIpc) is 3.75. The molecule has 2 aliphatic rings. The Hall–Kier alpha value is -8.42. The van der Waals surface area contributed by atoms with Crippen molar-refractivity contribution in [3.63, 3.8) is 0 Å². The number of aromatic nitrogens is 2. The minimum absolute atomic E-state index is 0.0342. The third-order valence-corrected chi connectivity index (χ3v) is 12.9. The minimum atomic E-state index is -1.20. The van der Waals surface area contributed by atoms with E-state index in [-0.39, 0.29) is 49.2 Å². The summed E-state index contributed by atoms with van der Waals surface area (Å²) in [6.07, 6.45) is 0.649. The molecule has 5 atom stereocenters. The van der Waals surface area contributed by atoms with Crippen LogP contribution in [0.15, 0.2) is 120 Å². The first-order valence-corrected chi connectivity index (χ1v) is 24.8. The Morgan fingerprint density at radius 2 is 0.907 bits per heavy atom. The van der Waals surface area contributed by atoms with Crippen LogP contribution in [0.4, 0.5) is 5.69 Å². The average molecular weight is 1020 g/mol. The molecule has 7 N–H and O–H groups in total. The summed E-state index contributed by atoms with van der Waals surface area (Å²) in [6.45, 7) is 9.21. The van der Waals surface area contributed by atoms with Gasteiger partial charge in [-0.15, -0.1) is 0 Å². The van der Waals surface area contributed by atoms with Crippen molar-refractivity contribution in [3.8, 4) is 0 Å². The number of carbonyl (C=O) groups is 8. The number of carboxylic acid groups (broad SMARTS) is 2. The zero-order valence-electron chi connectivity index (χ0n) is 42.2. The Bertz CT molecular complexity index is 3080. The summed E-state index contributed by atoms with van der Waals surface area (Å²) in [5, 5.41) is 40.9. The van der Waals surface area contributed by atoms with Gasteiger partial charge in [0.15, 0.2) is 0 Å². The zero-order valence-corrected chi connectivity index (χ0v) is 42.2. The fraction of sp³-hybridized carbons (Fsp3) is 0.321. The number of nitrogens with one attached hydrogen (secondary N) is 5. The van der Waals surface area contributed by atoms with Crippen LogP contribution in [0.5, 0.6) is 0 Å². The van der Waals surface area contributed by atoms with Crippen molar-refractivity contribution in [2.45, 2.75) is 90.5 Å². The SMILES string of the molecule is CC(C)C[C@H](NC(CCN1C(=O)c2cc3ccccc3cc2C1=O)C(=O)O)C(=O)Nc1ccccc1.CC(C)C[C@H](N[C@H](CCN1C(=O)c2cc3ccccc3cc2C1=O)C(=O)O)C(=O)NC(C)c1ccc(=O)[nH]n1. The largest absolute Gasteiger partial charge is 0.480 e. The van der Waals surface area contributed by atoms with Crippen LogP contribution in [-0.4, -0.2) is 115 Å². The quantitative estimate of drug-likeness (QED) is 0.0398. The van der Waals surface area contributed by atoms with Gasteiger partial charge in [0.25, 0.3) is 29.2 Å². The monoisotopic (exact) mass is 1020 g/mol. The number of carboxylic acids is 2. The maximum atomic E-state index is 13.1. The molecule has 0 radical (unpaired) electrons. The number of imide groups is 2. The molecule has 390 valence electrons. The lowest BCUT2D eigenvalue weighted by Gasteiger charge is -2.26. The van der Waals surface area contributed by atoms with Gasteiger partial charge in [-0.05, 0) is 108 Å². The number of hydrogen-bond acceptors (Lipinski definition) is 12. The number of H-pyrrole nitrogens is 1. The molecule has 0 fully saturated rings. The molecule has 3 heterocycles. The van der Waals surface area contributed by atoms with Crippen molar-refractivity contribution >= 4 is 74.6 Å². The number of aromatic amines is 1. The molecule has 5 aromatic carbocycles. The maximum absolute atomic E-state index is 13.1. The molecule has 0 aliphatic carbocycles. The predicted molar refractivity (Wildman–Crippen MR) is 280 cm³/mol. The number of anilines is 1.